The minimum Gasteiger partial charge on any atom is -0.383 e. The number of amides is 1. The Morgan fingerprint density at radius 2 is 1.93 bits per heavy atom. The summed E-state index contributed by atoms with van der Waals surface area (Å²) in [4.78, 5) is 26.2. The zero-order valence-electron chi connectivity index (χ0n) is 17.4. The topological polar surface area (TPSA) is 87.5 Å². The molecule has 0 aromatic heterocycles. The van der Waals surface area contributed by atoms with Crippen LogP contribution in [0.3, 0.4) is 0 Å². The van der Waals surface area contributed by atoms with Crippen molar-refractivity contribution in [3.8, 4) is 0 Å². The number of nitrogens with zero attached hydrogens (tertiary/aromatic N) is 2. The summed E-state index contributed by atoms with van der Waals surface area (Å²) in [6.45, 7) is 5.30. The number of hydrogen-bond donors (Lipinski definition) is 2. The van der Waals surface area contributed by atoms with Crippen molar-refractivity contribution in [2.75, 3.05) is 30.9 Å². The molecule has 28 heavy (non-hydrogen) atoms. The fraction of sp³-hybridized carbons (Fsp3) is 0.667. The minimum absolute atomic E-state index is 0.0697. The lowest BCUT2D eigenvalue weighted by atomic mass is 9.87. The average Bonchev–Trinajstić information content (AvgIpc) is 3.38. The first kappa shape index (κ1) is 20.4. The third-order valence-electron chi connectivity index (χ3n) is 6.31. The predicted molar refractivity (Wildman–Crippen MR) is 112 cm³/mol. The molecule has 2 N–H and O–H groups in total. The molecule has 3 rings (SSSR count). The molecule has 2 fully saturated rings. The molecular formula is C21H32N4O3. The maximum absolute atomic E-state index is 13.1. The molecule has 0 unspecified atom stereocenters. The van der Waals surface area contributed by atoms with Crippen molar-refractivity contribution in [3.05, 3.63) is 27.8 Å². The second-order valence-electron chi connectivity index (χ2n) is 8.99. The van der Waals surface area contributed by atoms with E-state index in [4.69, 9.17) is 0 Å². The van der Waals surface area contributed by atoms with E-state index in [1.165, 1.54) is 18.9 Å². The van der Waals surface area contributed by atoms with E-state index in [0.29, 0.717) is 17.2 Å². The maximum atomic E-state index is 13.1. The van der Waals surface area contributed by atoms with E-state index in [1.807, 2.05) is 7.05 Å². The van der Waals surface area contributed by atoms with Gasteiger partial charge in [-0.2, -0.15) is 0 Å². The Kier molecular flexibility index (Phi) is 5.82. The zero-order chi connectivity index (χ0) is 20.5. The molecule has 7 heteroatoms. The van der Waals surface area contributed by atoms with Crippen LogP contribution in [0.15, 0.2) is 12.1 Å². The molecule has 1 aromatic rings. The molecule has 0 saturated heterocycles. The molecule has 1 amide bonds. The second kappa shape index (κ2) is 7.97. The van der Waals surface area contributed by atoms with Crippen LogP contribution in [0.4, 0.5) is 17.1 Å². The van der Waals surface area contributed by atoms with Gasteiger partial charge in [-0.1, -0.05) is 13.8 Å². The molecule has 0 atom stereocenters. The normalized spacial score (nSPS) is 23.0. The second-order valence-corrected chi connectivity index (χ2v) is 8.99. The van der Waals surface area contributed by atoms with Crippen LogP contribution in [0.5, 0.6) is 0 Å². The van der Waals surface area contributed by atoms with Crippen molar-refractivity contribution in [3.63, 3.8) is 0 Å². The highest BCUT2D eigenvalue weighted by Crippen LogP contribution is 2.46. The summed E-state index contributed by atoms with van der Waals surface area (Å²) in [7, 11) is 3.63. The molecule has 0 spiro atoms. The number of carbonyl (C=O) groups is 1. The van der Waals surface area contributed by atoms with Crippen LogP contribution in [-0.4, -0.2) is 37.5 Å². The van der Waals surface area contributed by atoms with E-state index < -0.39 is 4.92 Å². The molecule has 2 saturated carbocycles. The summed E-state index contributed by atoms with van der Waals surface area (Å²) in [5.41, 5.74) is 1.75. The Labute approximate surface area is 167 Å². The van der Waals surface area contributed by atoms with Gasteiger partial charge in [-0.25, -0.2) is 0 Å². The molecular weight excluding hydrogens is 356 g/mol. The van der Waals surface area contributed by atoms with Gasteiger partial charge in [-0.05, 0) is 55.9 Å². The summed E-state index contributed by atoms with van der Waals surface area (Å²) in [6.07, 6.45) is 6.49. The highest BCUT2D eigenvalue weighted by Gasteiger charge is 2.39. The van der Waals surface area contributed by atoms with Gasteiger partial charge >= 0.3 is 0 Å². The van der Waals surface area contributed by atoms with Crippen molar-refractivity contribution < 1.29 is 9.72 Å². The van der Waals surface area contributed by atoms with E-state index in [1.54, 1.807) is 13.1 Å². The van der Waals surface area contributed by atoms with Gasteiger partial charge in [0.1, 0.15) is 5.69 Å². The van der Waals surface area contributed by atoms with E-state index in [2.05, 4.69) is 29.4 Å². The van der Waals surface area contributed by atoms with Crippen molar-refractivity contribution in [1.29, 1.82) is 0 Å². The maximum Gasteiger partial charge on any atom is 0.293 e. The van der Waals surface area contributed by atoms with Gasteiger partial charge in [0.15, 0.2) is 0 Å². The number of anilines is 2. The minimum atomic E-state index is -0.434. The van der Waals surface area contributed by atoms with E-state index in [9.17, 15) is 14.9 Å². The van der Waals surface area contributed by atoms with Gasteiger partial charge in [-0.3, -0.25) is 14.9 Å². The van der Waals surface area contributed by atoms with Gasteiger partial charge < -0.3 is 15.5 Å². The molecule has 0 bridgehead atoms. The van der Waals surface area contributed by atoms with Crippen molar-refractivity contribution in [1.82, 2.24) is 5.32 Å². The van der Waals surface area contributed by atoms with Crippen molar-refractivity contribution in [2.24, 2.45) is 11.3 Å². The van der Waals surface area contributed by atoms with Crippen LogP contribution in [-0.2, 0) is 0 Å². The summed E-state index contributed by atoms with van der Waals surface area (Å²) in [5.74, 6) is 0.484. The van der Waals surface area contributed by atoms with E-state index in [-0.39, 0.29) is 23.1 Å². The van der Waals surface area contributed by atoms with Crippen LogP contribution in [0.1, 0.15) is 62.7 Å². The average molecular weight is 389 g/mol. The smallest absolute Gasteiger partial charge is 0.293 e. The van der Waals surface area contributed by atoms with Gasteiger partial charge in [0, 0.05) is 32.7 Å². The number of carbonyl (C=O) groups excluding carboxylic acids is 1. The molecule has 2 aliphatic carbocycles. The summed E-state index contributed by atoms with van der Waals surface area (Å²) >= 11 is 0. The Hall–Kier alpha value is -2.31. The SMILES string of the molecule is CNc1cc(N(C)CC2(C)CC2)c(C(=O)NC2CCC(C)CC2)cc1[N+](=O)[O-]. The number of hydrogen-bond acceptors (Lipinski definition) is 5. The molecule has 0 aliphatic heterocycles. The molecule has 0 radical (unpaired) electrons. The first-order valence-corrected chi connectivity index (χ1v) is 10.2. The number of nitro benzene ring substituents is 1. The summed E-state index contributed by atoms with van der Waals surface area (Å²) in [5, 5.41) is 17.5. The van der Waals surface area contributed by atoms with Gasteiger partial charge in [0.2, 0.25) is 0 Å². The highest BCUT2D eigenvalue weighted by molar-refractivity contribution is 6.02. The standard InChI is InChI=1S/C21H32N4O3/c1-14-5-7-15(8-6-14)23-20(26)16-11-19(25(27)28)17(22-3)12-18(16)24(4)13-21(2)9-10-21/h11-12,14-15,22H,5-10,13H2,1-4H3,(H,23,26). The molecule has 1 aromatic carbocycles. The molecule has 7 nitrogen and oxygen atoms in total. The number of nitrogens with one attached hydrogen (secondary N) is 2. The van der Waals surface area contributed by atoms with E-state index >= 15 is 0 Å². The Bertz CT molecular complexity index is 752. The summed E-state index contributed by atoms with van der Waals surface area (Å²) in [6, 6.07) is 3.31. The number of rotatable bonds is 7. The van der Waals surface area contributed by atoms with E-state index in [0.717, 1.165) is 37.9 Å². The third kappa shape index (κ3) is 4.56. The lowest BCUT2D eigenvalue weighted by molar-refractivity contribution is -0.383. The van der Waals surface area contributed by atoms with Gasteiger partial charge in [0.25, 0.3) is 11.6 Å². The fourth-order valence-corrected chi connectivity index (χ4v) is 4.12. The zero-order valence-corrected chi connectivity index (χ0v) is 17.4. The Morgan fingerprint density at radius 3 is 2.46 bits per heavy atom. The van der Waals surface area contributed by atoms with Crippen molar-refractivity contribution in [2.45, 2.75) is 58.4 Å². The Balaban J connectivity index is 1.90. The molecule has 2 aliphatic rings. The van der Waals surface area contributed by atoms with Crippen LogP contribution in [0.2, 0.25) is 0 Å². The lowest BCUT2D eigenvalue weighted by Gasteiger charge is -2.29. The monoisotopic (exact) mass is 388 g/mol. The molecule has 154 valence electrons. The van der Waals surface area contributed by atoms with Crippen LogP contribution in [0.25, 0.3) is 0 Å². The Morgan fingerprint density at radius 1 is 1.29 bits per heavy atom. The van der Waals surface area contributed by atoms with Crippen molar-refractivity contribution >= 4 is 23.0 Å². The highest BCUT2D eigenvalue weighted by atomic mass is 16.6. The fourth-order valence-electron chi connectivity index (χ4n) is 4.12. The molecule has 0 heterocycles. The largest absolute Gasteiger partial charge is 0.383 e. The van der Waals surface area contributed by atoms with Gasteiger partial charge in [0.05, 0.1) is 16.2 Å². The van der Waals surface area contributed by atoms with Gasteiger partial charge in [-0.15, -0.1) is 0 Å². The number of benzene rings is 1. The lowest BCUT2D eigenvalue weighted by Crippen LogP contribution is -2.38. The quantitative estimate of drug-likeness (QED) is 0.540. The third-order valence-corrected chi connectivity index (χ3v) is 6.31. The number of nitro groups is 1. The van der Waals surface area contributed by atoms with Crippen LogP contribution < -0.4 is 15.5 Å². The predicted octanol–water partition coefficient (Wildman–Crippen LogP) is 4.18. The van der Waals surface area contributed by atoms with Crippen LogP contribution >= 0.6 is 0 Å². The first-order chi connectivity index (χ1) is 13.2. The van der Waals surface area contributed by atoms with Crippen LogP contribution in [0, 0.1) is 21.4 Å². The summed E-state index contributed by atoms with van der Waals surface area (Å²) < 4.78 is 0. The first-order valence-electron chi connectivity index (χ1n) is 10.2.